The zero-order chi connectivity index (χ0) is 17.8. The van der Waals surface area contributed by atoms with Gasteiger partial charge < -0.3 is 10.2 Å². The molecular weight excluding hydrogens is 330 g/mol. The van der Waals surface area contributed by atoms with Crippen LogP contribution in [0, 0.1) is 0 Å². The highest BCUT2D eigenvalue weighted by Crippen LogP contribution is 2.16. The number of carbonyl (C=O) groups is 1. The van der Waals surface area contributed by atoms with E-state index in [0.29, 0.717) is 18.1 Å². The van der Waals surface area contributed by atoms with Crippen molar-refractivity contribution in [1.82, 2.24) is 30.0 Å². The fraction of sp³-hybridized carbons (Fsp3) is 0.278. The maximum absolute atomic E-state index is 12.7. The van der Waals surface area contributed by atoms with Crippen LogP contribution in [0.1, 0.15) is 23.2 Å². The van der Waals surface area contributed by atoms with E-state index >= 15 is 0 Å². The number of rotatable bonds is 4. The van der Waals surface area contributed by atoms with Gasteiger partial charge in [0.2, 0.25) is 5.95 Å². The van der Waals surface area contributed by atoms with Crippen molar-refractivity contribution < 1.29 is 4.79 Å². The van der Waals surface area contributed by atoms with Crippen molar-refractivity contribution in [2.45, 2.75) is 18.9 Å². The number of nitrogens with one attached hydrogen (secondary N) is 1. The highest BCUT2D eigenvalue weighted by molar-refractivity contribution is 5.95. The molecule has 0 bridgehead atoms. The molecule has 1 amide bonds. The van der Waals surface area contributed by atoms with Gasteiger partial charge in [0.15, 0.2) is 0 Å². The van der Waals surface area contributed by atoms with Crippen molar-refractivity contribution in [1.29, 1.82) is 0 Å². The number of carbonyl (C=O) groups excluding carboxylic acids is 1. The number of hydrogen-bond donors (Lipinski definition) is 1. The van der Waals surface area contributed by atoms with Crippen molar-refractivity contribution in [3.63, 3.8) is 0 Å². The lowest BCUT2D eigenvalue weighted by Crippen LogP contribution is -2.48. The molecule has 1 fully saturated rings. The third-order valence-electron chi connectivity index (χ3n) is 4.38. The Morgan fingerprint density at radius 1 is 1.19 bits per heavy atom. The van der Waals surface area contributed by atoms with Crippen molar-refractivity contribution in [3.05, 3.63) is 60.9 Å². The van der Waals surface area contributed by atoms with Gasteiger partial charge in [0.1, 0.15) is 12.7 Å². The maximum atomic E-state index is 12.7. The lowest BCUT2D eigenvalue weighted by molar-refractivity contribution is 0.0933. The topological polar surface area (TPSA) is 88.8 Å². The molecule has 1 unspecified atom stereocenters. The zero-order valence-corrected chi connectivity index (χ0v) is 14.2. The van der Waals surface area contributed by atoms with Gasteiger partial charge in [-0.3, -0.25) is 4.79 Å². The van der Waals surface area contributed by atoms with Crippen LogP contribution in [0.15, 0.2) is 55.4 Å². The summed E-state index contributed by atoms with van der Waals surface area (Å²) in [5, 5.41) is 7.23. The van der Waals surface area contributed by atoms with Gasteiger partial charge in [-0.2, -0.15) is 5.10 Å². The quantitative estimate of drug-likeness (QED) is 0.767. The molecule has 0 saturated carbocycles. The highest BCUT2D eigenvalue weighted by Gasteiger charge is 2.23. The first-order chi connectivity index (χ1) is 12.8. The maximum Gasteiger partial charge on any atom is 0.251 e. The first-order valence-corrected chi connectivity index (χ1v) is 8.57. The average Bonchev–Trinajstić information content (AvgIpc) is 3.24. The van der Waals surface area contributed by atoms with E-state index < -0.39 is 0 Å². The molecule has 4 rings (SSSR count). The number of aromatic nitrogens is 5. The minimum absolute atomic E-state index is 0.0649. The van der Waals surface area contributed by atoms with Crippen molar-refractivity contribution in [2.75, 3.05) is 18.0 Å². The molecule has 8 nitrogen and oxygen atoms in total. The number of piperidine rings is 1. The van der Waals surface area contributed by atoms with Gasteiger partial charge in [0, 0.05) is 37.1 Å². The number of benzene rings is 1. The van der Waals surface area contributed by atoms with E-state index in [1.54, 1.807) is 35.5 Å². The molecule has 1 aliphatic rings. The van der Waals surface area contributed by atoms with Crippen LogP contribution in [0.3, 0.4) is 0 Å². The molecule has 26 heavy (non-hydrogen) atoms. The van der Waals surface area contributed by atoms with Gasteiger partial charge in [0.05, 0.1) is 5.69 Å². The van der Waals surface area contributed by atoms with Crippen LogP contribution >= 0.6 is 0 Å². The van der Waals surface area contributed by atoms with Gasteiger partial charge in [-0.1, -0.05) is 6.07 Å². The summed E-state index contributed by atoms with van der Waals surface area (Å²) in [7, 11) is 0. The summed E-state index contributed by atoms with van der Waals surface area (Å²) in [4.78, 5) is 27.3. The van der Waals surface area contributed by atoms with E-state index in [1.165, 1.54) is 6.33 Å². The summed E-state index contributed by atoms with van der Waals surface area (Å²) in [5.41, 5.74) is 1.41. The molecule has 0 aliphatic carbocycles. The Hall–Kier alpha value is -3.29. The van der Waals surface area contributed by atoms with Crippen LogP contribution < -0.4 is 10.2 Å². The second-order valence-corrected chi connectivity index (χ2v) is 6.20. The monoisotopic (exact) mass is 349 g/mol. The van der Waals surface area contributed by atoms with Gasteiger partial charge in [0.25, 0.3) is 5.91 Å². The molecule has 1 aromatic carbocycles. The number of amides is 1. The number of hydrogen-bond acceptors (Lipinski definition) is 6. The predicted octanol–water partition coefficient (Wildman–Crippen LogP) is 1.46. The smallest absolute Gasteiger partial charge is 0.251 e. The van der Waals surface area contributed by atoms with Gasteiger partial charge in [-0.05, 0) is 37.1 Å². The molecule has 1 atom stereocenters. The number of nitrogens with zero attached hydrogens (tertiary/aromatic N) is 6. The Labute approximate surface area is 150 Å². The van der Waals surface area contributed by atoms with E-state index in [0.717, 1.165) is 25.1 Å². The summed E-state index contributed by atoms with van der Waals surface area (Å²) < 4.78 is 1.63. The molecule has 0 spiro atoms. The third-order valence-corrected chi connectivity index (χ3v) is 4.38. The Balaban J connectivity index is 1.44. The van der Waals surface area contributed by atoms with Crippen LogP contribution in [-0.4, -0.2) is 49.8 Å². The summed E-state index contributed by atoms with van der Waals surface area (Å²) in [6, 6.07) is 9.21. The van der Waals surface area contributed by atoms with E-state index in [4.69, 9.17) is 0 Å². The van der Waals surface area contributed by atoms with Crippen LogP contribution in [-0.2, 0) is 0 Å². The lowest BCUT2D eigenvalue weighted by Gasteiger charge is -2.33. The SMILES string of the molecule is O=C(NC1CCCN(c2ncccn2)C1)c1cccc(-n2cncn2)c1. The van der Waals surface area contributed by atoms with Crippen molar-refractivity contribution in [2.24, 2.45) is 0 Å². The van der Waals surface area contributed by atoms with Crippen LogP contribution in [0.25, 0.3) is 5.69 Å². The second kappa shape index (κ2) is 7.30. The van der Waals surface area contributed by atoms with E-state index in [1.807, 2.05) is 18.2 Å². The van der Waals surface area contributed by atoms with Crippen LogP contribution in [0.4, 0.5) is 5.95 Å². The van der Waals surface area contributed by atoms with Gasteiger partial charge >= 0.3 is 0 Å². The molecule has 1 saturated heterocycles. The standard InChI is InChI=1S/C18H19N7O/c26-17(14-4-1-6-16(10-14)25-13-19-12-22-25)23-15-5-2-9-24(11-15)18-20-7-3-8-21-18/h1,3-4,6-8,10,12-13,15H,2,5,9,11H2,(H,23,26). The Bertz CT molecular complexity index is 866. The normalized spacial score (nSPS) is 17.1. The minimum atomic E-state index is -0.0900. The van der Waals surface area contributed by atoms with E-state index in [2.05, 4.69) is 30.3 Å². The van der Waals surface area contributed by atoms with E-state index in [-0.39, 0.29) is 11.9 Å². The fourth-order valence-corrected chi connectivity index (χ4v) is 3.13. The van der Waals surface area contributed by atoms with Crippen molar-refractivity contribution in [3.8, 4) is 5.69 Å². The van der Waals surface area contributed by atoms with Gasteiger partial charge in [-0.25, -0.2) is 19.6 Å². The molecule has 3 heterocycles. The Kier molecular flexibility index (Phi) is 4.55. The summed E-state index contributed by atoms with van der Waals surface area (Å²) in [6.45, 7) is 1.61. The largest absolute Gasteiger partial charge is 0.348 e. The Morgan fingerprint density at radius 3 is 2.88 bits per heavy atom. The average molecular weight is 349 g/mol. The summed E-state index contributed by atoms with van der Waals surface area (Å²) in [5.74, 6) is 0.618. The molecule has 8 heteroatoms. The first kappa shape index (κ1) is 16.2. The lowest BCUT2D eigenvalue weighted by atomic mass is 10.1. The Morgan fingerprint density at radius 2 is 2.08 bits per heavy atom. The molecule has 132 valence electrons. The first-order valence-electron chi connectivity index (χ1n) is 8.57. The molecule has 1 aliphatic heterocycles. The van der Waals surface area contributed by atoms with E-state index in [9.17, 15) is 4.79 Å². The summed E-state index contributed by atoms with van der Waals surface area (Å²) in [6.07, 6.45) is 8.48. The molecule has 0 radical (unpaired) electrons. The number of anilines is 1. The minimum Gasteiger partial charge on any atom is -0.348 e. The van der Waals surface area contributed by atoms with Crippen LogP contribution in [0.5, 0.6) is 0 Å². The summed E-state index contributed by atoms with van der Waals surface area (Å²) >= 11 is 0. The van der Waals surface area contributed by atoms with Gasteiger partial charge in [-0.15, -0.1) is 0 Å². The molecule has 3 aromatic rings. The second-order valence-electron chi connectivity index (χ2n) is 6.20. The highest BCUT2D eigenvalue weighted by atomic mass is 16.1. The van der Waals surface area contributed by atoms with Crippen molar-refractivity contribution >= 4 is 11.9 Å². The molecule has 1 N–H and O–H groups in total. The predicted molar refractivity (Wildman–Crippen MR) is 96.1 cm³/mol. The third kappa shape index (κ3) is 3.53. The van der Waals surface area contributed by atoms with Crippen LogP contribution in [0.2, 0.25) is 0 Å². The molecular formula is C18H19N7O. The zero-order valence-electron chi connectivity index (χ0n) is 14.2. The molecule has 2 aromatic heterocycles. The fourth-order valence-electron chi connectivity index (χ4n) is 3.13.